The first-order valence-electron chi connectivity index (χ1n) is 12.5. The summed E-state index contributed by atoms with van der Waals surface area (Å²) in [5, 5.41) is 17.6. The van der Waals surface area contributed by atoms with Crippen LogP contribution in [0.4, 0.5) is 22.7 Å². The van der Waals surface area contributed by atoms with Gasteiger partial charge in [-0.3, -0.25) is 19.7 Å². The highest BCUT2D eigenvalue weighted by atomic mass is 16.6. The van der Waals surface area contributed by atoms with E-state index >= 15 is 0 Å². The molecule has 2 heterocycles. The molecule has 5 rings (SSSR count). The molecule has 3 aromatic rings. The average molecular weight is 533 g/mol. The van der Waals surface area contributed by atoms with Crippen molar-refractivity contribution in [3.05, 3.63) is 69.8 Å². The van der Waals surface area contributed by atoms with Crippen LogP contribution in [0.2, 0.25) is 0 Å². The second-order valence-corrected chi connectivity index (χ2v) is 9.19. The van der Waals surface area contributed by atoms with E-state index in [1.807, 2.05) is 17.0 Å². The van der Waals surface area contributed by atoms with Gasteiger partial charge in [0.15, 0.2) is 5.75 Å². The van der Waals surface area contributed by atoms with Gasteiger partial charge in [-0.25, -0.2) is 0 Å². The number of anilines is 3. The number of amides is 2. The third kappa shape index (κ3) is 5.34. The van der Waals surface area contributed by atoms with Gasteiger partial charge in [0, 0.05) is 31.6 Å². The van der Waals surface area contributed by atoms with Crippen molar-refractivity contribution in [3.8, 4) is 22.6 Å². The van der Waals surface area contributed by atoms with Gasteiger partial charge in [0.05, 0.1) is 55.0 Å². The molecule has 1 saturated heterocycles. The highest BCUT2D eigenvalue weighted by Gasteiger charge is 2.23. The fraction of sp³-hybridized carbons (Fsp3) is 0.286. The first-order chi connectivity index (χ1) is 18.9. The van der Waals surface area contributed by atoms with Crippen molar-refractivity contribution in [1.29, 1.82) is 0 Å². The van der Waals surface area contributed by atoms with Gasteiger partial charge in [-0.05, 0) is 53.4 Å². The maximum atomic E-state index is 13.1. The summed E-state index contributed by atoms with van der Waals surface area (Å²) < 4.78 is 16.1. The van der Waals surface area contributed by atoms with Crippen LogP contribution in [0.15, 0.2) is 48.5 Å². The molecule has 0 spiro atoms. The van der Waals surface area contributed by atoms with Crippen molar-refractivity contribution in [2.45, 2.75) is 12.8 Å². The SMILES string of the molecule is COc1cc2c(cc1CCC(=O)N1CCOCC1)Nc1cc(-c3ccc([N+](=O)[O-])c(OC)c3)ccc1C(=O)N2. The number of nitrogens with zero attached hydrogens (tertiary/aromatic N) is 2. The Labute approximate surface area is 224 Å². The van der Waals surface area contributed by atoms with Gasteiger partial charge in [0.25, 0.3) is 5.91 Å². The Morgan fingerprint density at radius 2 is 1.64 bits per heavy atom. The van der Waals surface area contributed by atoms with Gasteiger partial charge in [-0.1, -0.05) is 6.07 Å². The monoisotopic (exact) mass is 532 g/mol. The number of methoxy groups -OCH3 is 2. The fourth-order valence-corrected chi connectivity index (χ4v) is 4.80. The minimum Gasteiger partial charge on any atom is -0.496 e. The molecule has 0 unspecified atom stereocenters. The van der Waals surface area contributed by atoms with Gasteiger partial charge in [0.2, 0.25) is 5.91 Å². The zero-order valence-electron chi connectivity index (χ0n) is 21.6. The zero-order chi connectivity index (χ0) is 27.5. The lowest BCUT2D eigenvalue weighted by Gasteiger charge is -2.27. The molecule has 0 bridgehead atoms. The second-order valence-electron chi connectivity index (χ2n) is 9.19. The van der Waals surface area contributed by atoms with Crippen LogP contribution >= 0.6 is 0 Å². The number of rotatable bonds is 7. The Balaban J connectivity index is 1.44. The number of ether oxygens (including phenoxy) is 3. The number of nitro benzene ring substituents is 1. The minimum atomic E-state index is -0.497. The lowest BCUT2D eigenvalue weighted by molar-refractivity contribution is -0.385. The number of nitro groups is 1. The number of nitrogens with one attached hydrogen (secondary N) is 2. The summed E-state index contributed by atoms with van der Waals surface area (Å²) in [5.41, 5.74) is 4.37. The largest absolute Gasteiger partial charge is 0.496 e. The van der Waals surface area contributed by atoms with E-state index in [9.17, 15) is 19.7 Å². The van der Waals surface area contributed by atoms with Crippen LogP contribution in [0.1, 0.15) is 22.3 Å². The number of hydrogen-bond acceptors (Lipinski definition) is 8. The molecule has 2 N–H and O–H groups in total. The number of hydrogen-bond donors (Lipinski definition) is 2. The van der Waals surface area contributed by atoms with Crippen LogP contribution in [0.3, 0.4) is 0 Å². The molecule has 0 aliphatic carbocycles. The summed E-state index contributed by atoms with van der Waals surface area (Å²) in [6.07, 6.45) is 0.794. The smallest absolute Gasteiger partial charge is 0.310 e. The Morgan fingerprint density at radius 1 is 0.949 bits per heavy atom. The van der Waals surface area contributed by atoms with Crippen LogP contribution in [0, 0.1) is 10.1 Å². The highest BCUT2D eigenvalue weighted by Crippen LogP contribution is 2.39. The van der Waals surface area contributed by atoms with Gasteiger partial charge in [-0.2, -0.15) is 0 Å². The maximum Gasteiger partial charge on any atom is 0.310 e. The predicted molar refractivity (Wildman–Crippen MR) is 145 cm³/mol. The third-order valence-corrected chi connectivity index (χ3v) is 6.88. The highest BCUT2D eigenvalue weighted by molar-refractivity contribution is 6.12. The van der Waals surface area contributed by atoms with Crippen molar-refractivity contribution < 1.29 is 28.7 Å². The number of benzene rings is 3. The van der Waals surface area contributed by atoms with Crippen molar-refractivity contribution >= 4 is 34.6 Å². The van der Waals surface area contributed by atoms with Crippen molar-refractivity contribution in [2.24, 2.45) is 0 Å². The second kappa shape index (κ2) is 11.0. The summed E-state index contributed by atoms with van der Waals surface area (Å²) >= 11 is 0. The predicted octanol–water partition coefficient (Wildman–Crippen LogP) is 4.38. The summed E-state index contributed by atoms with van der Waals surface area (Å²) in [5.74, 6) is 0.494. The van der Waals surface area contributed by atoms with Crippen LogP contribution in [-0.4, -0.2) is 62.2 Å². The molecule has 2 aliphatic heterocycles. The summed E-state index contributed by atoms with van der Waals surface area (Å²) in [6, 6.07) is 13.6. The van der Waals surface area contributed by atoms with Crippen LogP contribution < -0.4 is 20.1 Å². The lowest BCUT2D eigenvalue weighted by atomic mass is 10.0. The van der Waals surface area contributed by atoms with E-state index in [4.69, 9.17) is 14.2 Å². The summed E-state index contributed by atoms with van der Waals surface area (Å²) in [7, 11) is 2.94. The van der Waals surface area contributed by atoms with Gasteiger partial charge >= 0.3 is 5.69 Å². The van der Waals surface area contributed by atoms with Gasteiger partial charge in [-0.15, -0.1) is 0 Å². The topological polar surface area (TPSA) is 132 Å². The van der Waals surface area contributed by atoms with Crippen LogP contribution in [-0.2, 0) is 16.0 Å². The van der Waals surface area contributed by atoms with Crippen LogP contribution in [0.25, 0.3) is 11.1 Å². The molecule has 1 fully saturated rings. The molecule has 0 radical (unpaired) electrons. The van der Waals surface area contributed by atoms with Crippen LogP contribution in [0.5, 0.6) is 11.5 Å². The quantitative estimate of drug-likeness (QED) is 0.338. The number of fused-ring (bicyclic) bond motifs is 2. The normalized spacial score (nSPS) is 14.3. The van der Waals surface area contributed by atoms with Gasteiger partial charge < -0.3 is 29.7 Å². The Kier molecular flexibility index (Phi) is 7.33. The average Bonchev–Trinajstić information content (AvgIpc) is 3.09. The molecule has 39 heavy (non-hydrogen) atoms. The van der Waals surface area contributed by atoms with E-state index in [2.05, 4.69) is 10.6 Å². The molecule has 11 heteroatoms. The van der Waals surface area contributed by atoms with Crippen molar-refractivity contribution in [1.82, 2.24) is 4.90 Å². The molecule has 11 nitrogen and oxygen atoms in total. The summed E-state index contributed by atoms with van der Waals surface area (Å²) in [6.45, 7) is 2.28. The number of carbonyl (C=O) groups excluding carboxylic acids is 2. The van der Waals surface area contributed by atoms with Gasteiger partial charge in [0.1, 0.15) is 5.75 Å². The lowest BCUT2D eigenvalue weighted by Crippen LogP contribution is -2.40. The fourth-order valence-electron chi connectivity index (χ4n) is 4.80. The molecule has 3 aromatic carbocycles. The molecule has 0 saturated carbocycles. The Hall–Kier alpha value is -4.64. The van der Waals surface area contributed by atoms with Crippen molar-refractivity contribution in [2.75, 3.05) is 51.2 Å². The first-order valence-corrected chi connectivity index (χ1v) is 12.5. The standard InChI is InChI=1S/C28H28N4O7/c1-37-25-16-23-22(14-19(25)5-8-27(33)31-9-11-39-12-10-31)29-21-13-17(3-6-20(21)28(34)30-23)18-4-7-24(32(35)36)26(15-18)38-2/h3-4,6-7,13-16,29H,5,8-12H2,1-2H3,(H,30,34). The molecule has 2 aliphatic rings. The number of aryl methyl sites for hydroxylation is 1. The van der Waals surface area contributed by atoms with E-state index in [1.54, 1.807) is 37.4 Å². The van der Waals surface area contributed by atoms with E-state index in [0.717, 1.165) is 11.1 Å². The van der Waals surface area contributed by atoms with E-state index < -0.39 is 4.92 Å². The maximum absolute atomic E-state index is 13.1. The van der Waals surface area contributed by atoms with E-state index in [1.165, 1.54) is 13.2 Å². The molecule has 2 amide bonds. The molecule has 0 atom stereocenters. The number of morpholine rings is 1. The molecular formula is C28H28N4O7. The zero-order valence-corrected chi connectivity index (χ0v) is 21.6. The van der Waals surface area contributed by atoms with E-state index in [0.29, 0.717) is 73.1 Å². The molecule has 202 valence electrons. The minimum absolute atomic E-state index is 0.0603. The van der Waals surface area contributed by atoms with Crippen molar-refractivity contribution in [3.63, 3.8) is 0 Å². The molecular weight excluding hydrogens is 504 g/mol. The Morgan fingerprint density at radius 3 is 2.36 bits per heavy atom. The summed E-state index contributed by atoms with van der Waals surface area (Å²) in [4.78, 5) is 38.4. The van der Waals surface area contributed by atoms with E-state index in [-0.39, 0.29) is 23.3 Å². The first kappa shape index (κ1) is 26.0. The third-order valence-electron chi connectivity index (χ3n) is 6.88. The number of carbonyl (C=O) groups is 2. The Bertz CT molecular complexity index is 1450. The molecule has 0 aromatic heterocycles.